The average Bonchev–Trinajstić information content (AvgIpc) is 2.81. The molecule has 4 aromatic carbocycles. The molecule has 6 rings (SSSR count). The van der Waals surface area contributed by atoms with Crippen molar-refractivity contribution >= 4 is 43.6 Å². The number of rotatable bonds is 2. The summed E-state index contributed by atoms with van der Waals surface area (Å²) in [6.07, 6.45) is 0. The highest BCUT2D eigenvalue weighted by molar-refractivity contribution is 6.02. The highest BCUT2D eigenvalue weighted by Gasteiger charge is 2.12. The Hall–Kier alpha value is -4.45. The van der Waals surface area contributed by atoms with Crippen molar-refractivity contribution in [3.8, 4) is 11.5 Å². The predicted octanol–water partition coefficient (Wildman–Crippen LogP) is 5.61. The Bertz CT molecular complexity index is 1800. The Labute approximate surface area is 179 Å². The molecule has 2 aromatic heterocycles. The van der Waals surface area contributed by atoms with Gasteiger partial charge in [-0.05, 0) is 66.7 Å². The molecule has 0 unspecified atom stereocenters. The summed E-state index contributed by atoms with van der Waals surface area (Å²) in [4.78, 5) is 32.8. The van der Waals surface area contributed by atoms with Gasteiger partial charge in [0.15, 0.2) is 10.9 Å². The lowest BCUT2D eigenvalue weighted by atomic mass is 10.1. The minimum absolute atomic E-state index is 0.0831. The molecule has 0 saturated carbocycles. The Balaban J connectivity index is 1.57. The van der Waals surface area contributed by atoms with Crippen molar-refractivity contribution in [2.24, 2.45) is 0 Å². The van der Waals surface area contributed by atoms with E-state index >= 15 is 0 Å². The van der Waals surface area contributed by atoms with Crippen molar-refractivity contribution in [1.82, 2.24) is 9.97 Å². The van der Waals surface area contributed by atoms with Crippen molar-refractivity contribution in [2.45, 2.75) is 0 Å². The lowest BCUT2D eigenvalue weighted by molar-refractivity contribution is 0.481. The van der Waals surface area contributed by atoms with E-state index in [9.17, 15) is 14.0 Å². The van der Waals surface area contributed by atoms with Crippen LogP contribution in [-0.4, -0.2) is 9.97 Å². The Morgan fingerprint density at radius 3 is 1.84 bits per heavy atom. The van der Waals surface area contributed by atoms with E-state index in [-0.39, 0.29) is 16.7 Å². The van der Waals surface area contributed by atoms with Crippen LogP contribution in [0, 0.1) is 5.82 Å². The Kier molecular flexibility index (Phi) is 3.89. The van der Waals surface area contributed by atoms with Gasteiger partial charge in [0, 0.05) is 27.1 Å². The number of hydrogen-bond donors (Lipinski definition) is 2. The standard InChI is InChI=1S/C26H15FN2O3/c27-14-5-7-15(8-6-14)32-16-9-10-22-18(11-16)26(31)20-13-23-19(12-24(20)29-22)25(30)17-3-1-2-4-21(17)28-23/h1-13H,(H,28,30)(H,29,31). The van der Waals surface area contributed by atoms with Gasteiger partial charge in [-0.1, -0.05) is 12.1 Å². The summed E-state index contributed by atoms with van der Waals surface area (Å²) in [5.74, 6) is 0.587. The monoisotopic (exact) mass is 422 g/mol. The molecule has 5 nitrogen and oxygen atoms in total. The molecule has 0 aliphatic rings. The number of nitrogens with one attached hydrogen (secondary N) is 2. The number of aromatic nitrogens is 2. The Morgan fingerprint density at radius 2 is 1.12 bits per heavy atom. The molecule has 0 saturated heterocycles. The SMILES string of the molecule is O=c1c2ccccc2[nH]c2cc3c(=O)c4cc(Oc5ccc(F)cc5)ccc4[nH]c3cc12. The van der Waals surface area contributed by atoms with Gasteiger partial charge in [-0.25, -0.2) is 4.39 Å². The number of H-pyrrole nitrogens is 2. The van der Waals surface area contributed by atoms with Crippen molar-refractivity contribution < 1.29 is 9.13 Å². The second-order valence-electron chi connectivity index (χ2n) is 7.66. The third kappa shape index (κ3) is 2.85. The van der Waals surface area contributed by atoms with E-state index in [1.165, 1.54) is 24.3 Å². The normalized spacial score (nSPS) is 11.5. The summed E-state index contributed by atoms with van der Waals surface area (Å²) in [5, 5.41) is 2.04. The third-order valence-electron chi connectivity index (χ3n) is 5.64. The maximum Gasteiger partial charge on any atom is 0.197 e. The fourth-order valence-corrected chi connectivity index (χ4v) is 4.08. The summed E-state index contributed by atoms with van der Waals surface area (Å²) in [5.41, 5.74) is 2.28. The van der Waals surface area contributed by atoms with Crippen LogP contribution in [0.15, 0.2) is 88.5 Å². The molecule has 6 aromatic rings. The van der Waals surface area contributed by atoms with E-state index in [2.05, 4.69) is 9.97 Å². The number of benzene rings is 4. The van der Waals surface area contributed by atoms with E-state index in [0.717, 1.165) is 5.52 Å². The van der Waals surface area contributed by atoms with Crippen LogP contribution in [0.3, 0.4) is 0 Å². The number of fused-ring (bicyclic) bond motifs is 4. The highest BCUT2D eigenvalue weighted by atomic mass is 19.1. The van der Waals surface area contributed by atoms with E-state index in [1.807, 2.05) is 18.2 Å². The molecular formula is C26H15FN2O3. The summed E-state index contributed by atoms with van der Waals surface area (Å²) >= 11 is 0. The molecule has 0 bridgehead atoms. The van der Waals surface area contributed by atoms with Gasteiger partial charge in [-0.15, -0.1) is 0 Å². The molecule has 0 spiro atoms. The van der Waals surface area contributed by atoms with Gasteiger partial charge >= 0.3 is 0 Å². The molecule has 0 aliphatic carbocycles. The van der Waals surface area contributed by atoms with Gasteiger partial charge in [0.1, 0.15) is 17.3 Å². The van der Waals surface area contributed by atoms with Crippen molar-refractivity contribution in [3.63, 3.8) is 0 Å². The van der Waals surface area contributed by atoms with Crippen LogP contribution in [0.4, 0.5) is 4.39 Å². The molecule has 0 atom stereocenters. The van der Waals surface area contributed by atoms with E-state index in [0.29, 0.717) is 49.6 Å². The second kappa shape index (κ2) is 6.78. The first-order valence-corrected chi connectivity index (χ1v) is 10.0. The minimum Gasteiger partial charge on any atom is -0.457 e. The minimum atomic E-state index is -0.350. The summed E-state index contributed by atoms with van der Waals surface area (Å²) in [7, 11) is 0. The first-order chi connectivity index (χ1) is 15.6. The molecule has 2 heterocycles. The third-order valence-corrected chi connectivity index (χ3v) is 5.64. The number of pyridine rings is 2. The van der Waals surface area contributed by atoms with Crippen molar-refractivity contribution in [2.75, 3.05) is 0 Å². The smallest absolute Gasteiger partial charge is 0.197 e. The second-order valence-corrected chi connectivity index (χ2v) is 7.66. The zero-order valence-corrected chi connectivity index (χ0v) is 16.6. The molecule has 0 aliphatic heterocycles. The van der Waals surface area contributed by atoms with Gasteiger partial charge in [0.05, 0.1) is 16.6 Å². The lowest BCUT2D eigenvalue weighted by Gasteiger charge is -2.09. The number of ether oxygens (including phenoxy) is 1. The predicted molar refractivity (Wildman–Crippen MR) is 124 cm³/mol. The molecule has 154 valence electrons. The van der Waals surface area contributed by atoms with Gasteiger partial charge < -0.3 is 14.7 Å². The van der Waals surface area contributed by atoms with Crippen LogP contribution in [0.25, 0.3) is 43.6 Å². The van der Waals surface area contributed by atoms with Gasteiger partial charge in [-0.3, -0.25) is 9.59 Å². The number of hydrogen-bond acceptors (Lipinski definition) is 3. The molecule has 0 radical (unpaired) electrons. The highest BCUT2D eigenvalue weighted by Crippen LogP contribution is 2.26. The molecule has 0 amide bonds. The van der Waals surface area contributed by atoms with E-state index < -0.39 is 0 Å². The fourth-order valence-electron chi connectivity index (χ4n) is 4.08. The summed E-state index contributed by atoms with van der Waals surface area (Å²) in [6, 6.07) is 21.5. The number of aromatic amines is 2. The topological polar surface area (TPSA) is 74.9 Å². The van der Waals surface area contributed by atoms with Crippen LogP contribution in [0.5, 0.6) is 11.5 Å². The van der Waals surface area contributed by atoms with Crippen LogP contribution in [0.2, 0.25) is 0 Å². The van der Waals surface area contributed by atoms with Crippen LogP contribution < -0.4 is 15.6 Å². The van der Waals surface area contributed by atoms with Crippen LogP contribution in [-0.2, 0) is 0 Å². The first-order valence-electron chi connectivity index (χ1n) is 10.0. The maximum absolute atomic E-state index is 13.3. The number of halogens is 1. The Morgan fingerprint density at radius 1 is 0.562 bits per heavy atom. The molecular weight excluding hydrogens is 407 g/mol. The van der Waals surface area contributed by atoms with Gasteiger partial charge in [0.2, 0.25) is 0 Å². The van der Waals surface area contributed by atoms with Crippen molar-refractivity contribution in [3.05, 3.63) is 105 Å². The number of para-hydroxylation sites is 1. The fraction of sp³-hybridized carbons (Fsp3) is 0. The van der Waals surface area contributed by atoms with E-state index in [1.54, 1.807) is 36.4 Å². The summed E-state index contributed by atoms with van der Waals surface area (Å²) in [6.45, 7) is 0. The first kappa shape index (κ1) is 18.3. The van der Waals surface area contributed by atoms with Crippen molar-refractivity contribution in [1.29, 1.82) is 0 Å². The molecule has 2 N–H and O–H groups in total. The summed E-state index contributed by atoms with van der Waals surface area (Å²) < 4.78 is 18.9. The zero-order chi connectivity index (χ0) is 21.8. The molecule has 32 heavy (non-hydrogen) atoms. The van der Waals surface area contributed by atoms with Gasteiger partial charge in [0.25, 0.3) is 0 Å². The average molecular weight is 422 g/mol. The van der Waals surface area contributed by atoms with Gasteiger partial charge in [-0.2, -0.15) is 0 Å². The van der Waals surface area contributed by atoms with E-state index in [4.69, 9.17) is 4.74 Å². The molecule has 0 fully saturated rings. The lowest BCUT2D eigenvalue weighted by Crippen LogP contribution is -2.08. The maximum atomic E-state index is 13.3. The largest absolute Gasteiger partial charge is 0.457 e. The zero-order valence-electron chi connectivity index (χ0n) is 16.6. The van der Waals surface area contributed by atoms with Crippen LogP contribution >= 0.6 is 0 Å². The molecule has 6 heteroatoms. The quantitative estimate of drug-likeness (QED) is 0.356. The van der Waals surface area contributed by atoms with Crippen LogP contribution in [0.1, 0.15) is 0 Å².